The molecule has 1 unspecified atom stereocenters. The quantitative estimate of drug-likeness (QED) is 0.779. The van der Waals surface area contributed by atoms with Crippen LogP contribution in [0.5, 0.6) is 5.75 Å². The van der Waals surface area contributed by atoms with Crippen LogP contribution in [0.2, 0.25) is 0 Å². The van der Waals surface area contributed by atoms with Crippen LogP contribution in [0.3, 0.4) is 0 Å². The standard InChI is InChI=1S/C13H18N2O4/c1-8(2)4-11(13(18)19-3)15-12(17)9-5-10(16)7-14-6-9/h5-8,11,16H,4H2,1-3H3,(H,15,17). The monoisotopic (exact) mass is 266 g/mol. The zero-order valence-corrected chi connectivity index (χ0v) is 11.2. The number of pyridine rings is 1. The van der Waals surface area contributed by atoms with Gasteiger partial charge in [-0.3, -0.25) is 9.78 Å². The molecule has 0 aliphatic rings. The number of carbonyl (C=O) groups excluding carboxylic acids is 2. The van der Waals surface area contributed by atoms with Crippen molar-refractivity contribution in [2.45, 2.75) is 26.3 Å². The minimum Gasteiger partial charge on any atom is -0.506 e. The summed E-state index contributed by atoms with van der Waals surface area (Å²) < 4.78 is 4.66. The van der Waals surface area contributed by atoms with Crippen LogP contribution < -0.4 is 5.32 Å². The zero-order chi connectivity index (χ0) is 14.4. The van der Waals surface area contributed by atoms with E-state index in [9.17, 15) is 14.7 Å². The lowest BCUT2D eigenvalue weighted by atomic mass is 10.0. The van der Waals surface area contributed by atoms with Crippen LogP contribution in [0, 0.1) is 5.92 Å². The highest BCUT2D eigenvalue weighted by Crippen LogP contribution is 2.11. The molecule has 0 saturated carbocycles. The second-order valence-corrected chi connectivity index (χ2v) is 4.61. The maximum absolute atomic E-state index is 11.9. The van der Waals surface area contributed by atoms with Crippen molar-refractivity contribution in [1.29, 1.82) is 0 Å². The molecule has 1 rings (SSSR count). The number of aromatic nitrogens is 1. The topological polar surface area (TPSA) is 88.5 Å². The molecule has 6 nitrogen and oxygen atoms in total. The lowest BCUT2D eigenvalue weighted by Gasteiger charge is -2.18. The summed E-state index contributed by atoms with van der Waals surface area (Å²) >= 11 is 0. The third-order valence-corrected chi connectivity index (χ3v) is 2.48. The summed E-state index contributed by atoms with van der Waals surface area (Å²) in [5.74, 6) is -0.840. The SMILES string of the molecule is COC(=O)C(CC(C)C)NC(=O)c1cncc(O)c1. The van der Waals surface area contributed by atoms with Crippen molar-refractivity contribution < 1.29 is 19.4 Å². The van der Waals surface area contributed by atoms with E-state index in [2.05, 4.69) is 15.0 Å². The molecule has 6 heteroatoms. The molecular weight excluding hydrogens is 248 g/mol. The van der Waals surface area contributed by atoms with Gasteiger partial charge < -0.3 is 15.2 Å². The fourth-order valence-electron chi connectivity index (χ4n) is 1.62. The number of aromatic hydroxyl groups is 1. The Bertz CT molecular complexity index is 460. The summed E-state index contributed by atoms with van der Waals surface area (Å²) in [4.78, 5) is 27.2. The Kier molecular flexibility index (Phi) is 5.29. The lowest BCUT2D eigenvalue weighted by molar-refractivity contribution is -0.143. The van der Waals surface area contributed by atoms with Gasteiger partial charge in [-0.25, -0.2) is 4.79 Å². The van der Waals surface area contributed by atoms with E-state index in [-0.39, 0.29) is 17.2 Å². The molecule has 0 radical (unpaired) electrons. The average molecular weight is 266 g/mol. The number of carbonyl (C=O) groups is 2. The van der Waals surface area contributed by atoms with Gasteiger partial charge in [0.05, 0.1) is 18.9 Å². The lowest BCUT2D eigenvalue weighted by Crippen LogP contribution is -2.42. The fraction of sp³-hybridized carbons (Fsp3) is 0.462. The molecular formula is C13H18N2O4. The van der Waals surface area contributed by atoms with Crippen LogP contribution in [0.25, 0.3) is 0 Å². The molecule has 2 N–H and O–H groups in total. The third kappa shape index (κ3) is 4.57. The van der Waals surface area contributed by atoms with Crippen molar-refractivity contribution in [2.75, 3.05) is 7.11 Å². The minimum absolute atomic E-state index is 0.105. The van der Waals surface area contributed by atoms with E-state index in [4.69, 9.17) is 0 Å². The van der Waals surface area contributed by atoms with Crippen molar-refractivity contribution in [3.05, 3.63) is 24.0 Å². The third-order valence-electron chi connectivity index (χ3n) is 2.48. The van der Waals surface area contributed by atoms with Gasteiger partial charge in [-0.15, -0.1) is 0 Å². The van der Waals surface area contributed by atoms with Gasteiger partial charge in [0.25, 0.3) is 5.91 Å². The Morgan fingerprint density at radius 1 is 1.42 bits per heavy atom. The van der Waals surface area contributed by atoms with Gasteiger partial charge in [0, 0.05) is 6.20 Å². The number of hydrogen-bond acceptors (Lipinski definition) is 5. The molecule has 0 aliphatic carbocycles. The Morgan fingerprint density at radius 3 is 2.63 bits per heavy atom. The molecule has 0 saturated heterocycles. The van der Waals surface area contributed by atoms with E-state index in [0.29, 0.717) is 6.42 Å². The van der Waals surface area contributed by atoms with Gasteiger partial charge in [0.2, 0.25) is 0 Å². The molecule has 0 aliphatic heterocycles. The Labute approximate surface area is 111 Å². The van der Waals surface area contributed by atoms with E-state index in [1.54, 1.807) is 0 Å². The van der Waals surface area contributed by atoms with E-state index in [1.807, 2.05) is 13.8 Å². The molecule has 1 heterocycles. The molecule has 0 bridgehead atoms. The Balaban J connectivity index is 2.78. The average Bonchev–Trinajstić information content (AvgIpc) is 2.36. The number of nitrogens with zero attached hydrogens (tertiary/aromatic N) is 1. The number of hydrogen-bond donors (Lipinski definition) is 2. The van der Waals surface area contributed by atoms with Crippen molar-refractivity contribution >= 4 is 11.9 Å². The van der Waals surface area contributed by atoms with E-state index in [1.165, 1.54) is 25.6 Å². The van der Waals surface area contributed by atoms with Crippen LogP contribution >= 0.6 is 0 Å². The van der Waals surface area contributed by atoms with Gasteiger partial charge in [0.15, 0.2) is 0 Å². The van der Waals surface area contributed by atoms with Crippen LogP contribution in [0.15, 0.2) is 18.5 Å². The molecule has 104 valence electrons. The van der Waals surface area contributed by atoms with Crippen LogP contribution in [0.4, 0.5) is 0 Å². The molecule has 0 aromatic carbocycles. The summed E-state index contributed by atoms with van der Waals surface area (Å²) in [6, 6.07) is 0.575. The largest absolute Gasteiger partial charge is 0.506 e. The molecule has 1 aromatic rings. The van der Waals surface area contributed by atoms with Crippen LogP contribution in [-0.4, -0.2) is 35.1 Å². The van der Waals surface area contributed by atoms with Crippen molar-refractivity contribution in [2.24, 2.45) is 5.92 Å². The summed E-state index contributed by atoms with van der Waals surface area (Å²) in [5.41, 5.74) is 0.192. The molecule has 1 aromatic heterocycles. The first kappa shape index (κ1) is 14.9. The molecule has 19 heavy (non-hydrogen) atoms. The number of nitrogens with one attached hydrogen (secondary N) is 1. The van der Waals surface area contributed by atoms with E-state index < -0.39 is 17.9 Å². The highest BCUT2D eigenvalue weighted by Gasteiger charge is 2.23. The van der Waals surface area contributed by atoms with Crippen molar-refractivity contribution in [3.63, 3.8) is 0 Å². The van der Waals surface area contributed by atoms with Crippen molar-refractivity contribution in [3.8, 4) is 5.75 Å². The number of ether oxygens (including phenoxy) is 1. The summed E-state index contributed by atoms with van der Waals surface area (Å²) in [6.45, 7) is 3.88. The molecule has 1 amide bonds. The summed E-state index contributed by atoms with van der Waals surface area (Å²) in [7, 11) is 1.28. The fourth-order valence-corrected chi connectivity index (χ4v) is 1.62. The minimum atomic E-state index is -0.708. The first-order chi connectivity index (χ1) is 8.93. The molecule has 0 fully saturated rings. The number of methoxy groups -OCH3 is 1. The van der Waals surface area contributed by atoms with Gasteiger partial charge in [-0.05, 0) is 18.4 Å². The van der Waals surface area contributed by atoms with E-state index >= 15 is 0 Å². The van der Waals surface area contributed by atoms with Crippen LogP contribution in [0.1, 0.15) is 30.6 Å². The van der Waals surface area contributed by atoms with Gasteiger partial charge in [-0.1, -0.05) is 13.8 Å². The smallest absolute Gasteiger partial charge is 0.328 e. The van der Waals surface area contributed by atoms with Gasteiger partial charge in [-0.2, -0.15) is 0 Å². The normalized spacial score (nSPS) is 12.0. The first-order valence-electron chi connectivity index (χ1n) is 5.96. The number of esters is 1. The predicted molar refractivity (Wildman–Crippen MR) is 68.6 cm³/mol. The molecule has 0 spiro atoms. The molecule has 1 atom stereocenters. The second kappa shape index (κ2) is 6.72. The van der Waals surface area contributed by atoms with E-state index in [0.717, 1.165) is 0 Å². The summed E-state index contributed by atoms with van der Waals surface area (Å²) in [5, 5.41) is 11.8. The highest BCUT2D eigenvalue weighted by molar-refractivity contribution is 5.96. The van der Waals surface area contributed by atoms with Gasteiger partial charge in [0.1, 0.15) is 11.8 Å². The van der Waals surface area contributed by atoms with Crippen molar-refractivity contribution in [1.82, 2.24) is 10.3 Å². The maximum atomic E-state index is 11.9. The van der Waals surface area contributed by atoms with Gasteiger partial charge >= 0.3 is 5.97 Å². The highest BCUT2D eigenvalue weighted by atomic mass is 16.5. The first-order valence-corrected chi connectivity index (χ1v) is 5.96. The number of amides is 1. The Morgan fingerprint density at radius 2 is 2.11 bits per heavy atom. The Hall–Kier alpha value is -2.11. The zero-order valence-electron chi connectivity index (χ0n) is 11.2. The maximum Gasteiger partial charge on any atom is 0.328 e. The van der Waals surface area contributed by atoms with Crippen LogP contribution in [-0.2, 0) is 9.53 Å². The second-order valence-electron chi connectivity index (χ2n) is 4.61. The number of rotatable bonds is 5. The predicted octanol–water partition coefficient (Wildman–Crippen LogP) is 1.10. The summed E-state index contributed by atoms with van der Waals surface area (Å²) in [6.07, 6.45) is 3.02.